The van der Waals surface area contributed by atoms with Crippen LogP contribution >= 0.6 is 0 Å². The van der Waals surface area contributed by atoms with Crippen LogP contribution in [0.15, 0.2) is 12.1 Å². The Kier molecular flexibility index (Phi) is 5.55. The van der Waals surface area contributed by atoms with Crippen molar-refractivity contribution in [3.05, 3.63) is 34.4 Å². The molecule has 1 atom stereocenters. The molecule has 0 aromatic heterocycles. The summed E-state index contributed by atoms with van der Waals surface area (Å²) in [5.74, 6) is 0.143. The summed E-state index contributed by atoms with van der Waals surface area (Å²) in [7, 11) is 1.84. The number of rotatable bonds is 5. The van der Waals surface area contributed by atoms with Crippen molar-refractivity contribution >= 4 is 5.91 Å². The first-order chi connectivity index (χ1) is 8.86. The highest BCUT2D eigenvalue weighted by Crippen LogP contribution is 2.15. The van der Waals surface area contributed by atoms with Crippen molar-refractivity contribution < 1.29 is 4.79 Å². The standard InChI is InChI=1S/C16H26N2O/c1-7-18(6)16(19)14(5)17-10-15-9-12(3)11(2)8-13(15)4/h8-9,14,17H,7,10H2,1-6H3. The van der Waals surface area contributed by atoms with E-state index in [0.717, 1.165) is 13.1 Å². The van der Waals surface area contributed by atoms with Gasteiger partial charge in [-0.05, 0) is 56.9 Å². The SMILES string of the molecule is CCN(C)C(=O)C(C)NCc1cc(C)c(C)cc1C. The maximum atomic E-state index is 12.0. The topological polar surface area (TPSA) is 32.3 Å². The van der Waals surface area contributed by atoms with Gasteiger partial charge < -0.3 is 10.2 Å². The van der Waals surface area contributed by atoms with Gasteiger partial charge in [-0.25, -0.2) is 0 Å². The second kappa shape index (κ2) is 6.71. The maximum Gasteiger partial charge on any atom is 0.239 e. The summed E-state index contributed by atoms with van der Waals surface area (Å²) in [5, 5.41) is 3.31. The van der Waals surface area contributed by atoms with E-state index in [1.807, 2.05) is 20.9 Å². The van der Waals surface area contributed by atoms with E-state index in [0.29, 0.717) is 0 Å². The van der Waals surface area contributed by atoms with Crippen LogP contribution in [-0.2, 0) is 11.3 Å². The Morgan fingerprint density at radius 1 is 1.21 bits per heavy atom. The zero-order chi connectivity index (χ0) is 14.6. The number of carbonyl (C=O) groups is 1. The molecular weight excluding hydrogens is 236 g/mol. The summed E-state index contributed by atoms with van der Waals surface area (Å²) in [6.45, 7) is 11.8. The molecular formula is C16H26N2O. The number of hydrogen-bond acceptors (Lipinski definition) is 2. The predicted molar refractivity (Wildman–Crippen MR) is 80.3 cm³/mol. The average Bonchev–Trinajstić information content (AvgIpc) is 2.39. The van der Waals surface area contributed by atoms with E-state index in [1.165, 1.54) is 22.3 Å². The number of amides is 1. The van der Waals surface area contributed by atoms with E-state index in [-0.39, 0.29) is 11.9 Å². The molecule has 1 aromatic rings. The predicted octanol–water partition coefficient (Wildman–Crippen LogP) is 2.57. The molecule has 19 heavy (non-hydrogen) atoms. The minimum absolute atomic E-state index is 0.143. The van der Waals surface area contributed by atoms with Gasteiger partial charge in [0.05, 0.1) is 6.04 Å². The zero-order valence-electron chi connectivity index (χ0n) is 13.0. The Balaban J connectivity index is 2.67. The van der Waals surface area contributed by atoms with E-state index in [9.17, 15) is 4.79 Å². The maximum absolute atomic E-state index is 12.0. The van der Waals surface area contributed by atoms with Crippen LogP contribution in [0.25, 0.3) is 0 Å². The van der Waals surface area contributed by atoms with Gasteiger partial charge in [0.1, 0.15) is 0 Å². The zero-order valence-corrected chi connectivity index (χ0v) is 13.0. The van der Waals surface area contributed by atoms with E-state index in [4.69, 9.17) is 0 Å². The molecule has 0 aliphatic carbocycles. The number of carbonyl (C=O) groups excluding carboxylic acids is 1. The van der Waals surface area contributed by atoms with Gasteiger partial charge in [-0.1, -0.05) is 12.1 Å². The minimum atomic E-state index is -0.147. The van der Waals surface area contributed by atoms with Gasteiger partial charge in [0.15, 0.2) is 0 Å². The van der Waals surface area contributed by atoms with Crippen molar-refractivity contribution in [1.29, 1.82) is 0 Å². The van der Waals surface area contributed by atoms with Crippen LogP contribution in [0.5, 0.6) is 0 Å². The molecule has 0 aliphatic rings. The summed E-state index contributed by atoms with van der Waals surface area (Å²) < 4.78 is 0. The Hall–Kier alpha value is -1.35. The first-order valence-corrected chi connectivity index (χ1v) is 6.91. The third kappa shape index (κ3) is 4.06. The molecule has 0 spiro atoms. The number of benzene rings is 1. The lowest BCUT2D eigenvalue weighted by atomic mass is 10.0. The first-order valence-electron chi connectivity index (χ1n) is 6.91. The molecule has 0 aliphatic heterocycles. The molecule has 0 heterocycles. The minimum Gasteiger partial charge on any atom is -0.345 e. The van der Waals surface area contributed by atoms with Gasteiger partial charge >= 0.3 is 0 Å². The molecule has 3 heteroatoms. The Morgan fingerprint density at radius 3 is 2.37 bits per heavy atom. The van der Waals surface area contributed by atoms with Gasteiger partial charge in [0.25, 0.3) is 0 Å². The average molecular weight is 262 g/mol. The molecule has 0 bridgehead atoms. The van der Waals surface area contributed by atoms with E-state index in [2.05, 4.69) is 38.2 Å². The number of aryl methyl sites for hydroxylation is 3. The summed E-state index contributed by atoms with van der Waals surface area (Å²) in [5.41, 5.74) is 5.16. The Bertz CT molecular complexity index is 454. The van der Waals surface area contributed by atoms with Crippen molar-refractivity contribution in [1.82, 2.24) is 10.2 Å². The first kappa shape index (κ1) is 15.7. The van der Waals surface area contributed by atoms with Crippen LogP contribution in [0.1, 0.15) is 36.1 Å². The molecule has 1 amide bonds. The summed E-state index contributed by atoms with van der Waals surface area (Å²) in [4.78, 5) is 13.7. The lowest BCUT2D eigenvalue weighted by Crippen LogP contribution is -2.42. The molecule has 0 saturated heterocycles. The van der Waals surface area contributed by atoms with Crippen LogP contribution in [0.4, 0.5) is 0 Å². The monoisotopic (exact) mass is 262 g/mol. The van der Waals surface area contributed by atoms with E-state index >= 15 is 0 Å². The molecule has 0 saturated carbocycles. The fourth-order valence-corrected chi connectivity index (χ4v) is 2.05. The fourth-order valence-electron chi connectivity index (χ4n) is 2.05. The summed E-state index contributed by atoms with van der Waals surface area (Å²) in [6, 6.07) is 4.26. The number of likely N-dealkylation sites (N-methyl/N-ethyl adjacent to an activating group) is 1. The lowest BCUT2D eigenvalue weighted by Gasteiger charge is -2.21. The van der Waals surface area contributed by atoms with E-state index < -0.39 is 0 Å². The van der Waals surface area contributed by atoms with Gasteiger partial charge in [-0.2, -0.15) is 0 Å². The normalized spacial score (nSPS) is 12.3. The third-order valence-electron chi connectivity index (χ3n) is 3.77. The second-order valence-corrected chi connectivity index (χ2v) is 5.32. The number of hydrogen-bond donors (Lipinski definition) is 1. The smallest absolute Gasteiger partial charge is 0.239 e. The highest BCUT2D eigenvalue weighted by molar-refractivity contribution is 5.81. The van der Waals surface area contributed by atoms with Crippen LogP contribution in [-0.4, -0.2) is 30.4 Å². The molecule has 1 unspecified atom stereocenters. The molecule has 1 N–H and O–H groups in total. The summed E-state index contributed by atoms with van der Waals surface area (Å²) >= 11 is 0. The second-order valence-electron chi connectivity index (χ2n) is 5.32. The third-order valence-corrected chi connectivity index (χ3v) is 3.77. The van der Waals surface area contributed by atoms with Crippen molar-refractivity contribution in [3.8, 4) is 0 Å². The van der Waals surface area contributed by atoms with Crippen LogP contribution in [0.2, 0.25) is 0 Å². The van der Waals surface area contributed by atoms with Gasteiger partial charge in [-0.3, -0.25) is 4.79 Å². The van der Waals surface area contributed by atoms with Gasteiger partial charge in [0, 0.05) is 20.1 Å². The molecule has 0 radical (unpaired) electrons. The molecule has 1 rings (SSSR count). The Morgan fingerprint density at radius 2 is 1.79 bits per heavy atom. The largest absolute Gasteiger partial charge is 0.345 e. The number of nitrogens with zero attached hydrogens (tertiary/aromatic N) is 1. The van der Waals surface area contributed by atoms with E-state index in [1.54, 1.807) is 4.90 Å². The lowest BCUT2D eigenvalue weighted by molar-refractivity contribution is -0.131. The molecule has 106 valence electrons. The highest BCUT2D eigenvalue weighted by atomic mass is 16.2. The van der Waals surface area contributed by atoms with Crippen LogP contribution < -0.4 is 5.32 Å². The van der Waals surface area contributed by atoms with Crippen molar-refractivity contribution in [2.75, 3.05) is 13.6 Å². The highest BCUT2D eigenvalue weighted by Gasteiger charge is 2.15. The number of nitrogens with one attached hydrogen (secondary N) is 1. The van der Waals surface area contributed by atoms with Crippen molar-refractivity contribution in [2.45, 2.75) is 47.2 Å². The van der Waals surface area contributed by atoms with Gasteiger partial charge in [0.2, 0.25) is 5.91 Å². The molecule has 3 nitrogen and oxygen atoms in total. The fraction of sp³-hybridized carbons (Fsp3) is 0.562. The van der Waals surface area contributed by atoms with Crippen molar-refractivity contribution in [2.24, 2.45) is 0 Å². The summed E-state index contributed by atoms with van der Waals surface area (Å²) in [6.07, 6.45) is 0. The quantitative estimate of drug-likeness (QED) is 0.884. The molecule has 0 fully saturated rings. The van der Waals surface area contributed by atoms with Crippen molar-refractivity contribution in [3.63, 3.8) is 0 Å². The molecule has 1 aromatic carbocycles. The Labute approximate surface area is 117 Å². The van der Waals surface area contributed by atoms with Crippen LogP contribution in [0, 0.1) is 20.8 Å². The van der Waals surface area contributed by atoms with Gasteiger partial charge in [-0.15, -0.1) is 0 Å². The van der Waals surface area contributed by atoms with Crippen LogP contribution in [0.3, 0.4) is 0 Å².